The molecular weight excluding hydrogens is 368 g/mol. The second kappa shape index (κ2) is 7.32. The van der Waals surface area contributed by atoms with Crippen molar-refractivity contribution in [3.8, 4) is 22.7 Å². The first-order valence-electron chi connectivity index (χ1n) is 8.08. The molecule has 8 heteroatoms. The monoisotopic (exact) mass is 386 g/mol. The number of carbonyl (C=O) groups is 1. The summed E-state index contributed by atoms with van der Waals surface area (Å²) in [7, 11) is -1.91. The summed E-state index contributed by atoms with van der Waals surface area (Å²) in [5, 5.41) is 0. The van der Waals surface area contributed by atoms with Gasteiger partial charge in [0.25, 0.3) is 0 Å². The summed E-state index contributed by atoms with van der Waals surface area (Å²) >= 11 is 0. The summed E-state index contributed by atoms with van der Waals surface area (Å²) in [6, 6.07) is 10.1. The number of benzene rings is 1. The molecule has 0 aliphatic heterocycles. The number of rotatable bonds is 5. The maximum atomic E-state index is 11.5. The third-order valence-corrected chi connectivity index (χ3v) is 5.15. The zero-order chi connectivity index (χ0) is 19.6. The van der Waals surface area contributed by atoms with E-state index in [9.17, 15) is 13.2 Å². The van der Waals surface area contributed by atoms with E-state index in [0.29, 0.717) is 28.6 Å². The number of aryl methyl sites for hydroxylation is 1. The number of carbonyl (C=O) groups excluding carboxylic acids is 1. The van der Waals surface area contributed by atoms with Crippen LogP contribution in [0.25, 0.3) is 22.7 Å². The number of methoxy groups -OCH3 is 1. The van der Waals surface area contributed by atoms with Gasteiger partial charge in [-0.05, 0) is 31.2 Å². The van der Waals surface area contributed by atoms with Gasteiger partial charge in [0.05, 0.1) is 35.4 Å². The van der Waals surface area contributed by atoms with Gasteiger partial charge in [-0.25, -0.2) is 13.4 Å². The van der Waals surface area contributed by atoms with E-state index < -0.39 is 9.84 Å². The molecule has 0 saturated heterocycles. The van der Waals surface area contributed by atoms with Crippen molar-refractivity contribution >= 4 is 15.8 Å². The average molecular weight is 386 g/mol. The van der Waals surface area contributed by atoms with Gasteiger partial charge in [-0.1, -0.05) is 12.1 Å². The second-order valence-corrected chi connectivity index (χ2v) is 8.02. The SMILES string of the molecule is COC(=O)Cc1nc(-c2ccc(-c3ccc(S(C)(=O)=O)cc3)nc2)oc1C. The zero-order valence-corrected chi connectivity index (χ0v) is 15.9. The van der Waals surface area contributed by atoms with Crippen LogP contribution in [0.4, 0.5) is 0 Å². The lowest BCUT2D eigenvalue weighted by Crippen LogP contribution is -2.05. The summed E-state index contributed by atoms with van der Waals surface area (Å²) in [4.78, 5) is 20.4. The minimum absolute atomic E-state index is 0.0457. The molecule has 0 amide bonds. The third kappa shape index (κ3) is 4.22. The van der Waals surface area contributed by atoms with Crippen LogP contribution in [-0.4, -0.2) is 37.7 Å². The molecule has 0 bridgehead atoms. The minimum Gasteiger partial charge on any atom is -0.469 e. The Morgan fingerprint density at radius 1 is 1.11 bits per heavy atom. The molecule has 2 heterocycles. The highest BCUT2D eigenvalue weighted by atomic mass is 32.2. The molecule has 0 unspecified atom stereocenters. The average Bonchev–Trinajstić information content (AvgIpc) is 3.01. The van der Waals surface area contributed by atoms with Gasteiger partial charge in [0.15, 0.2) is 9.84 Å². The number of pyridine rings is 1. The van der Waals surface area contributed by atoms with Crippen LogP contribution in [0.1, 0.15) is 11.5 Å². The number of oxazole rings is 1. The predicted octanol–water partition coefficient (Wildman–Crippen LogP) is 2.83. The molecule has 0 spiro atoms. The zero-order valence-electron chi connectivity index (χ0n) is 15.1. The van der Waals surface area contributed by atoms with Crippen LogP contribution in [0.15, 0.2) is 51.9 Å². The lowest BCUT2D eigenvalue weighted by atomic mass is 10.1. The molecule has 0 radical (unpaired) electrons. The summed E-state index contributed by atoms with van der Waals surface area (Å²) in [5.74, 6) is 0.540. The molecule has 3 rings (SSSR count). The maximum absolute atomic E-state index is 11.5. The van der Waals surface area contributed by atoms with Crippen molar-refractivity contribution in [3.63, 3.8) is 0 Å². The molecule has 3 aromatic rings. The van der Waals surface area contributed by atoms with E-state index in [1.54, 1.807) is 49.5 Å². The lowest BCUT2D eigenvalue weighted by molar-refractivity contribution is -0.139. The van der Waals surface area contributed by atoms with Crippen molar-refractivity contribution in [2.45, 2.75) is 18.2 Å². The highest BCUT2D eigenvalue weighted by molar-refractivity contribution is 7.90. The van der Waals surface area contributed by atoms with Gasteiger partial charge in [0.1, 0.15) is 5.76 Å². The number of sulfone groups is 1. The van der Waals surface area contributed by atoms with E-state index in [-0.39, 0.29) is 17.3 Å². The summed E-state index contributed by atoms with van der Waals surface area (Å²) in [6.07, 6.45) is 2.83. The topological polar surface area (TPSA) is 99.4 Å². The summed E-state index contributed by atoms with van der Waals surface area (Å²) in [6.45, 7) is 1.74. The fourth-order valence-electron chi connectivity index (χ4n) is 2.49. The van der Waals surface area contributed by atoms with Crippen LogP contribution in [-0.2, 0) is 25.8 Å². The van der Waals surface area contributed by atoms with E-state index >= 15 is 0 Å². The number of aromatic nitrogens is 2. The molecular formula is C19H18N2O5S. The number of esters is 1. The summed E-state index contributed by atoms with van der Waals surface area (Å²) < 4.78 is 33.3. The smallest absolute Gasteiger partial charge is 0.311 e. The molecule has 0 aliphatic carbocycles. The molecule has 0 N–H and O–H groups in total. The predicted molar refractivity (Wildman–Crippen MR) is 98.7 cm³/mol. The Morgan fingerprint density at radius 2 is 1.78 bits per heavy atom. The van der Waals surface area contributed by atoms with Crippen molar-refractivity contribution < 1.29 is 22.4 Å². The number of nitrogens with zero attached hydrogens (tertiary/aromatic N) is 2. The first kappa shape index (κ1) is 18.8. The van der Waals surface area contributed by atoms with Crippen LogP contribution in [0.2, 0.25) is 0 Å². The highest BCUT2D eigenvalue weighted by Crippen LogP contribution is 2.25. The second-order valence-electron chi connectivity index (χ2n) is 6.00. The lowest BCUT2D eigenvalue weighted by Gasteiger charge is -2.03. The van der Waals surface area contributed by atoms with Crippen molar-refractivity contribution in [2.24, 2.45) is 0 Å². The van der Waals surface area contributed by atoms with Crippen LogP contribution >= 0.6 is 0 Å². The number of hydrogen-bond donors (Lipinski definition) is 0. The molecule has 1 aromatic carbocycles. The van der Waals surface area contributed by atoms with Gasteiger partial charge >= 0.3 is 5.97 Å². The molecule has 0 saturated carbocycles. The normalized spacial score (nSPS) is 11.4. The number of ether oxygens (including phenoxy) is 1. The Balaban J connectivity index is 1.83. The number of hydrogen-bond acceptors (Lipinski definition) is 7. The van der Waals surface area contributed by atoms with Crippen molar-refractivity contribution in [1.82, 2.24) is 9.97 Å². The van der Waals surface area contributed by atoms with E-state index in [1.807, 2.05) is 0 Å². The Kier molecular flexibility index (Phi) is 5.09. The standard InChI is InChI=1S/C19H18N2O5S/c1-12-17(10-18(22)25-2)21-19(26-12)14-6-9-16(20-11-14)13-4-7-15(8-5-13)27(3,23)24/h4-9,11H,10H2,1-3H3. The molecule has 0 aliphatic rings. The van der Waals surface area contributed by atoms with Crippen molar-refractivity contribution in [1.29, 1.82) is 0 Å². The molecule has 2 aromatic heterocycles. The van der Waals surface area contributed by atoms with E-state index in [1.165, 1.54) is 13.4 Å². The Hall–Kier alpha value is -3.00. The van der Waals surface area contributed by atoms with E-state index in [0.717, 1.165) is 5.56 Å². The molecule has 140 valence electrons. The first-order valence-corrected chi connectivity index (χ1v) is 9.97. The van der Waals surface area contributed by atoms with Gasteiger partial charge in [-0.3, -0.25) is 9.78 Å². The highest BCUT2D eigenvalue weighted by Gasteiger charge is 2.15. The third-order valence-electron chi connectivity index (χ3n) is 4.02. The summed E-state index contributed by atoms with van der Waals surface area (Å²) in [5.41, 5.74) is 2.68. The van der Waals surface area contributed by atoms with Crippen LogP contribution in [0, 0.1) is 6.92 Å². The van der Waals surface area contributed by atoms with Crippen LogP contribution in [0.5, 0.6) is 0 Å². The Morgan fingerprint density at radius 3 is 2.33 bits per heavy atom. The first-order chi connectivity index (χ1) is 12.8. The van der Waals surface area contributed by atoms with Gasteiger partial charge < -0.3 is 9.15 Å². The molecule has 7 nitrogen and oxygen atoms in total. The molecule has 0 fully saturated rings. The van der Waals surface area contributed by atoms with Gasteiger partial charge in [0, 0.05) is 18.0 Å². The Bertz CT molecular complexity index is 1070. The minimum atomic E-state index is -3.23. The molecule has 27 heavy (non-hydrogen) atoms. The van der Waals surface area contributed by atoms with E-state index in [2.05, 4.69) is 14.7 Å². The fourth-order valence-corrected chi connectivity index (χ4v) is 3.12. The van der Waals surface area contributed by atoms with Gasteiger partial charge in [-0.15, -0.1) is 0 Å². The fraction of sp³-hybridized carbons (Fsp3) is 0.211. The van der Waals surface area contributed by atoms with Crippen molar-refractivity contribution in [2.75, 3.05) is 13.4 Å². The molecule has 0 atom stereocenters. The largest absolute Gasteiger partial charge is 0.469 e. The van der Waals surface area contributed by atoms with Gasteiger partial charge in [0.2, 0.25) is 5.89 Å². The van der Waals surface area contributed by atoms with E-state index in [4.69, 9.17) is 4.42 Å². The van der Waals surface area contributed by atoms with Crippen molar-refractivity contribution in [3.05, 3.63) is 54.0 Å². The Labute approximate surface area is 157 Å². The van der Waals surface area contributed by atoms with Gasteiger partial charge in [-0.2, -0.15) is 0 Å². The maximum Gasteiger partial charge on any atom is 0.311 e. The van der Waals surface area contributed by atoms with Crippen LogP contribution in [0.3, 0.4) is 0 Å². The van der Waals surface area contributed by atoms with Crippen LogP contribution < -0.4 is 0 Å². The quantitative estimate of drug-likeness (QED) is 0.622.